The molecule has 0 spiro atoms. The van der Waals surface area contributed by atoms with Gasteiger partial charge < -0.3 is 14.5 Å². The Morgan fingerprint density at radius 2 is 1.64 bits per heavy atom. The maximum absolute atomic E-state index is 13.9. The van der Waals surface area contributed by atoms with Crippen LogP contribution in [0.15, 0.2) is 40.9 Å². The molecule has 39 heavy (non-hydrogen) atoms. The molecule has 2 aromatic carbocycles. The highest BCUT2D eigenvalue weighted by Gasteiger charge is 2.36. The van der Waals surface area contributed by atoms with Crippen LogP contribution in [0.25, 0.3) is 22.8 Å². The first-order valence-electron chi connectivity index (χ1n) is 13.2. The minimum absolute atomic E-state index is 0. The van der Waals surface area contributed by atoms with Crippen LogP contribution in [0, 0.1) is 5.92 Å². The predicted octanol–water partition coefficient (Wildman–Crippen LogP) is 6.40. The van der Waals surface area contributed by atoms with Gasteiger partial charge in [0.05, 0.1) is 11.5 Å². The Morgan fingerprint density at radius 1 is 0.949 bits per heavy atom. The van der Waals surface area contributed by atoms with Crippen LogP contribution in [0.5, 0.6) is 0 Å². The van der Waals surface area contributed by atoms with Gasteiger partial charge in [0.2, 0.25) is 5.82 Å². The fraction of sp³-hybridized carbons (Fsp3) is 0.464. The van der Waals surface area contributed by atoms with Crippen molar-refractivity contribution in [1.82, 2.24) is 15.0 Å². The van der Waals surface area contributed by atoms with Crippen LogP contribution in [0.3, 0.4) is 0 Å². The first-order valence-corrected chi connectivity index (χ1v) is 13.2. The highest BCUT2D eigenvalue weighted by Crippen LogP contribution is 2.40. The van der Waals surface area contributed by atoms with Crippen molar-refractivity contribution in [2.75, 3.05) is 18.0 Å². The molecule has 6 rings (SSSR count). The number of hydrogen-bond donors (Lipinski definition) is 1. The summed E-state index contributed by atoms with van der Waals surface area (Å²) >= 11 is 0. The molecule has 3 aliphatic rings. The van der Waals surface area contributed by atoms with E-state index in [9.17, 15) is 23.1 Å². The lowest BCUT2D eigenvalue weighted by atomic mass is 9.85. The molecular weight excluding hydrogens is 533 g/mol. The number of aliphatic carboxylic acids is 1. The van der Waals surface area contributed by atoms with Gasteiger partial charge in [0.15, 0.2) is 0 Å². The molecule has 0 atom stereocenters. The van der Waals surface area contributed by atoms with E-state index in [2.05, 4.69) is 15.0 Å². The summed E-state index contributed by atoms with van der Waals surface area (Å²) in [6, 6.07) is 10.5. The molecule has 0 radical (unpaired) electrons. The largest absolute Gasteiger partial charge is 0.481 e. The zero-order valence-electron chi connectivity index (χ0n) is 21.3. The number of halogens is 4. The van der Waals surface area contributed by atoms with E-state index in [-0.39, 0.29) is 35.5 Å². The average molecular weight is 563 g/mol. The van der Waals surface area contributed by atoms with E-state index in [0.717, 1.165) is 56.0 Å². The van der Waals surface area contributed by atoms with Gasteiger partial charge in [-0.25, -0.2) is 0 Å². The summed E-state index contributed by atoms with van der Waals surface area (Å²) in [6.07, 6.45) is 0.449. The second kappa shape index (κ2) is 10.8. The third-order valence-corrected chi connectivity index (χ3v) is 8.20. The molecule has 3 aromatic rings. The number of nitrogens with zero attached hydrogens (tertiary/aromatic N) is 4. The number of rotatable bonds is 5. The minimum atomic E-state index is -4.49. The molecule has 7 nitrogen and oxygen atoms in total. The fourth-order valence-corrected chi connectivity index (χ4v) is 6.09. The lowest BCUT2D eigenvalue weighted by Crippen LogP contribution is -2.35. The Labute approximate surface area is 230 Å². The zero-order valence-corrected chi connectivity index (χ0v) is 22.1. The molecular formula is C28H30ClF3N4O3. The van der Waals surface area contributed by atoms with Gasteiger partial charge in [-0.15, -0.1) is 12.4 Å². The number of carboxylic acid groups (broad SMARTS) is 1. The Hall–Kier alpha value is -3.11. The molecule has 3 heterocycles. The van der Waals surface area contributed by atoms with Crippen LogP contribution in [0.1, 0.15) is 55.2 Å². The lowest BCUT2D eigenvalue weighted by molar-refractivity contribution is -0.143. The van der Waals surface area contributed by atoms with Crippen LogP contribution in [-0.4, -0.2) is 45.2 Å². The standard InChI is InChI=1S/C28H29F3N4O3.ClH/c29-28(30,31)23-14-19(7-10-24(23)34-11-1-2-12-34)26-32-25(33-38-26)18-3-4-20-15-35(16-21(20)13-18)22-8-5-17(6-9-22)27(36)37;/h3-4,7,10,13-14,17,22H,1-2,5-6,8-9,11-12,15-16H2,(H,36,37);1H. The third kappa shape index (κ3) is 5.49. The zero-order chi connectivity index (χ0) is 26.4. The molecule has 2 aliphatic heterocycles. The summed E-state index contributed by atoms with van der Waals surface area (Å²) in [5.74, 6) is -0.551. The number of benzene rings is 2. The van der Waals surface area contributed by atoms with Crippen molar-refractivity contribution in [2.45, 2.75) is 63.8 Å². The highest BCUT2D eigenvalue weighted by molar-refractivity contribution is 5.85. The van der Waals surface area contributed by atoms with Crippen molar-refractivity contribution in [1.29, 1.82) is 0 Å². The van der Waals surface area contributed by atoms with Gasteiger partial charge in [-0.3, -0.25) is 9.69 Å². The van der Waals surface area contributed by atoms with Crippen LogP contribution in [0.4, 0.5) is 18.9 Å². The maximum Gasteiger partial charge on any atom is 0.418 e. The molecule has 1 saturated carbocycles. The van der Waals surface area contributed by atoms with Gasteiger partial charge >= 0.3 is 12.1 Å². The quantitative estimate of drug-likeness (QED) is 0.385. The van der Waals surface area contributed by atoms with Gasteiger partial charge in [-0.2, -0.15) is 18.2 Å². The first kappa shape index (κ1) is 27.5. The van der Waals surface area contributed by atoms with Gasteiger partial charge in [-0.05, 0) is 73.9 Å². The highest BCUT2D eigenvalue weighted by atomic mass is 35.5. The molecule has 1 saturated heterocycles. The number of aromatic nitrogens is 2. The number of alkyl halides is 3. The van der Waals surface area contributed by atoms with Crippen LogP contribution in [-0.2, 0) is 24.1 Å². The maximum atomic E-state index is 13.9. The second-order valence-corrected chi connectivity index (χ2v) is 10.6. The molecule has 208 valence electrons. The first-order chi connectivity index (χ1) is 18.3. The predicted molar refractivity (Wildman–Crippen MR) is 141 cm³/mol. The molecule has 1 aliphatic carbocycles. The molecule has 0 unspecified atom stereocenters. The van der Waals surface area contributed by atoms with Gasteiger partial charge in [0, 0.05) is 49.0 Å². The normalized spacial score (nSPS) is 21.6. The average Bonchev–Trinajstić information content (AvgIpc) is 3.68. The molecule has 0 bridgehead atoms. The van der Waals surface area contributed by atoms with E-state index >= 15 is 0 Å². The monoisotopic (exact) mass is 562 g/mol. The molecule has 1 N–H and O–H groups in total. The fourth-order valence-electron chi connectivity index (χ4n) is 6.09. The Kier molecular flexibility index (Phi) is 7.61. The van der Waals surface area contributed by atoms with E-state index < -0.39 is 17.7 Å². The second-order valence-electron chi connectivity index (χ2n) is 10.6. The summed E-state index contributed by atoms with van der Waals surface area (Å²) in [5.41, 5.74) is 2.86. The van der Waals surface area contributed by atoms with E-state index in [1.807, 2.05) is 18.2 Å². The Morgan fingerprint density at radius 3 is 2.33 bits per heavy atom. The minimum Gasteiger partial charge on any atom is -0.481 e. The van der Waals surface area contributed by atoms with Gasteiger partial charge in [0.1, 0.15) is 0 Å². The van der Waals surface area contributed by atoms with Gasteiger partial charge in [-0.1, -0.05) is 17.3 Å². The summed E-state index contributed by atoms with van der Waals surface area (Å²) in [7, 11) is 0. The SMILES string of the molecule is Cl.O=C(O)C1CCC(N2Cc3ccc(-c4noc(-c5ccc(N6CCCC6)c(C(F)(F)F)c5)n4)cc3C2)CC1. The number of fused-ring (bicyclic) bond motifs is 1. The number of carbonyl (C=O) groups is 1. The van der Waals surface area contributed by atoms with Crippen molar-refractivity contribution in [2.24, 2.45) is 5.92 Å². The van der Waals surface area contributed by atoms with Crippen LogP contribution >= 0.6 is 12.4 Å². The van der Waals surface area contributed by atoms with Crippen molar-refractivity contribution >= 4 is 24.1 Å². The van der Waals surface area contributed by atoms with Crippen molar-refractivity contribution in [3.8, 4) is 22.8 Å². The van der Waals surface area contributed by atoms with Crippen molar-refractivity contribution in [3.05, 3.63) is 53.1 Å². The molecule has 2 fully saturated rings. The summed E-state index contributed by atoms with van der Waals surface area (Å²) in [5, 5.41) is 13.3. The summed E-state index contributed by atoms with van der Waals surface area (Å²) in [6.45, 7) is 2.82. The smallest absolute Gasteiger partial charge is 0.418 e. The number of anilines is 1. The number of carboxylic acids is 1. The van der Waals surface area contributed by atoms with Crippen molar-refractivity contribution < 1.29 is 27.6 Å². The van der Waals surface area contributed by atoms with Crippen molar-refractivity contribution in [3.63, 3.8) is 0 Å². The van der Waals surface area contributed by atoms with Crippen LogP contribution in [0.2, 0.25) is 0 Å². The number of hydrogen-bond acceptors (Lipinski definition) is 6. The molecule has 0 amide bonds. The van der Waals surface area contributed by atoms with Crippen LogP contribution < -0.4 is 4.90 Å². The summed E-state index contributed by atoms with van der Waals surface area (Å²) in [4.78, 5) is 19.9. The molecule has 1 aromatic heterocycles. The topological polar surface area (TPSA) is 82.7 Å². The third-order valence-electron chi connectivity index (χ3n) is 8.20. The van der Waals surface area contributed by atoms with Gasteiger partial charge in [0.25, 0.3) is 5.89 Å². The van der Waals surface area contributed by atoms with E-state index in [4.69, 9.17) is 4.52 Å². The summed E-state index contributed by atoms with van der Waals surface area (Å²) < 4.78 is 47.1. The van der Waals surface area contributed by atoms with E-state index in [1.165, 1.54) is 11.6 Å². The Balaban J connectivity index is 0.00000308. The molecule has 11 heteroatoms. The Bertz CT molecular complexity index is 1350. The van der Waals surface area contributed by atoms with E-state index in [1.54, 1.807) is 11.0 Å². The van der Waals surface area contributed by atoms with E-state index in [0.29, 0.717) is 37.8 Å². The lowest BCUT2D eigenvalue weighted by Gasteiger charge is -2.33.